The highest BCUT2D eigenvalue weighted by molar-refractivity contribution is 6.35. The molecule has 1 atom stereocenters. The van der Waals surface area contributed by atoms with Crippen LogP contribution in [-0.2, 0) is 4.79 Å². The van der Waals surface area contributed by atoms with Gasteiger partial charge in [-0.25, -0.2) is 0 Å². The first-order valence-electron chi connectivity index (χ1n) is 4.76. The van der Waals surface area contributed by atoms with Gasteiger partial charge in [0.15, 0.2) is 0 Å². The Hall–Kier alpha value is -1.52. The quantitative estimate of drug-likeness (QED) is 0.751. The highest BCUT2D eigenvalue weighted by Gasteiger charge is 2.19. The first-order valence-corrected chi connectivity index (χ1v) is 5.14. The second kappa shape index (κ2) is 3.81. The van der Waals surface area contributed by atoms with Crippen LogP contribution in [0.3, 0.4) is 0 Å². The zero-order valence-electron chi connectivity index (χ0n) is 8.62. The van der Waals surface area contributed by atoms with Crippen LogP contribution in [0.15, 0.2) is 18.3 Å². The van der Waals surface area contributed by atoms with Crippen molar-refractivity contribution in [2.45, 2.75) is 13.0 Å². The number of carbonyl (C=O) groups is 1. The van der Waals surface area contributed by atoms with Crippen molar-refractivity contribution < 1.29 is 9.90 Å². The first kappa shape index (κ1) is 11.0. The minimum absolute atomic E-state index is 0.549. The summed E-state index contributed by atoms with van der Waals surface area (Å²) in [6, 6.07) is 2.65. The standard InChI is InChI=1S/C11H11ClN2O2/c1-5-2-6-7(9(13)11(15)16)4-14-10(6)8(12)3-5/h2-4,9,14H,13H2,1H3,(H,15,16). The van der Waals surface area contributed by atoms with E-state index in [1.54, 1.807) is 6.20 Å². The van der Waals surface area contributed by atoms with E-state index >= 15 is 0 Å². The fourth-order valence-corrected chi connectivity index (χ4v) is 2.06. The summed E-state index contributed by atoms with van der Waals surface area (Å²) in [6.07, 6.45) is 1.59. The maximum atomic E-state index is 10.8. The molecule has 2 aromatic rings. The van der Waals surface area contributed by atoms with E-state index in [0.29, 0.717) is 10.6 Å². The van der Waals surface area contributed by atoms with Crippen molar-refractivity contribution in [2.24, 2.45) is 5.73 Å². The van der Waals surface area contributed by atoms with Gasteiger partial charge >= 0.3 is 5.97 Å². The zero-order valence-corrected chi connectivity index (χ0v) is 9.38. The van der Waals surface area contributed by atoms with Crippen LogP contribution in [0.5, 0.6) is 0 Å². The van der Waals surface area contributed by atoms with Crippen LogP contribution < -0.4 is 5.73 Å². The van der Waals surface area contributed by atoms with Crippen molar-refractivity contribution in [2.75, 3.05) is 0 Å². The number of benzene rings is 1. The van der Waals surface area contributed by atoms with Crippen molar-refractivity contribution in [1.82, 2.24) is 4.98 Å². The smallest absolute Gasteiger partial charge is 0.325 e. The number of rotatable bonds is 2. The number of aryl methyl sites for hydroxylation is 1. The molecule has 1 aromatic heterocycles. The number of aliphatic carboxylic acids is 1. The van der Waals surface area contributed by atoms with Gasteiger partial charge in [0.05, 0.1) is 10.5 Å². The summed E-state index contributed by atoms with van der Waals surface area (Å²) in [7, 11) is 0. The van der Waals surface area contributed by atoms with Crippen LogP contribution in [0.1, 0.15) is 17.2 Å². The molecule has 0 radical (unpaired) electrons. The first-order chi connectivity index (χ1) is 7.50. The molecular formula is C11H11ClN2O2. The summed E-state index contributed by atoms with van der Waals surface area (Å²) in [4.78, 5) is 13.8. The maximum absolute atomic E-state index is 10.8. The minimum Gasteiger partial charge on any atom is -0.480 e. The van der Waals surface area contributed by atoms with Crippen molar-refractivity contribution in [3.8, 4) is 0 Å². The van der Waals surface area contributed by atoms with E-state index in [2.05, 4.69) is 4.98 Å². The highest BCUT2D eigenvalue weighted by atomic mass is 35.5. The number of aromatic amines is 1. The average Bonchev–Trinajstić information content (AvgIpc) is 2.60. The highest BCUT2D eigenvalue weighted by Crippen LogP contribution is 2.29. The van der Waals surface area contributed by atoms with Crippen LogP contribution >= 0.6 is 11.6 Å². The molecule has 5 heteroatoms. The monoisotopic (exact) mass is 238 g/mol. The average molecular weight is 239 g/mol. The van der Waals surface area contributed by atoms with E-state index in [1.807, 2.05) is 19.1 Å². The molecule has 4 N–H and O–H groups in total. The summed E-state index contributed by atoms with van der Waals surface area (Å²) < 4.78 is 0. The van der Waals surface area contributed by atoms with E-state index in [-0.39, 0.29) is 0 Å². The number of hydrogen-bond donors (Lipinski definition) is 3. The van der Waals surface area contributed by atoms with E-state index < -0.39 is 12.0 Å². The maximum Gasteiger partial charge on any atom is 0.325 e. The lowest BCUT2D eigenvalue weighted by molar-refractivity contribution is -0.138. The molecule has 0 fully saturated rings. The Bertz CT molecular complexity index is 562. The molecule has 0 bridgehead atoms. The number of nitrogens with one attached hydrogen (secondary N) is 1. The molecule has 4 nitrogen and oxygen atoms in total. The second-order valence-electron chi connectivity index (χ2n) is 3.73. The molecule has 0 aliphatic rings. The van der Waals surface area contributed by atoms with Gasteiger partial charge in [-0.3, -0.25) is 4.79 Å². The number of halogens is 1. The number of aromatic nitrogens is 1. The molecule has 0 saturated carbocycles. The molecule has 84 valence electrons. The lowest BCUT2D eigenvalue weighted by Gasteiger charge is -2.05. The second-order valence-corrected chi connectivity index (χ2v) is 4.14. The Balaban J connectivity index is 2.69. The lowest BCUT2D eigenvalue weighted by Crippen LogP contribution is -2.20. The molecular weight excluding hydrogens is 228 g/mol. The molecule has 16 heavy (non-hydrogen) atoms. The van der Waals surface area contributed by atoms with Gasteiger partial charge in [-0.2, -0.15) is 0 Å². The molecule has 0 saturated heterocycles. The van der Waals surface area contributed by atoms with Crippen molar-refractivity contribution in [3.63, 3.8) is 0 Å². The molecule has 1 aromatic carbocycles. The fourth-order valence-electron chi connectivity index (χ4n) is 1.73. The van der Waals surface area contributed by atoms with Gasteiger partial charge in [0.25, 0.3) is 0 Å². The number of hydrogen-bond acceptors (Lipinski definition) is 2. The molecule has 0 aliphatic heterocycles. The topological polar surface area (TPSA) is 79.1 Å². The SMILES string of the molecule is Cc1cc(Cl)c2[nH]cc(C(N)C(=O)O)c2c1. The van der Waals surface area contributed by atoms with Gasteiger partial charge in [0.1, 0.15) is 6.04 Å². The molecule has 0 spiro atoms. The third kappa shape index (κ3) is 1.66. The van der Waals surface area contributed by atoms with Crippen LogP contribution in [-0.4, -0.2) is 16.1 Å². The van der Waals surface area contributed by atoms with Gasteiger partial charge in [-0.15, -0.1) is 0 Å². The Morgan fingerprint density at radius 2 is 2.25 bits per heavy atom. The van der Waals surface area contributed by atoms with E-state index in [0.717, 1.165) is 16.5 Å². The van der Waals surface area contributed by atoms with Crippen LogP contribution in [0.25, 0.3) is 10.9 Å². The summed E-state index contributed by atoms with van der Waals surface area (Å²) in [5.74, 6) is -1.06. The summed E-state index contributed by atoms with van der Waals surface area (Å²) in [5.41, 5.74) is 7.82. The fraction of sp³-hybridized carbons (Fsp3) is 0.182. The number of carboxylic acids is 1. The van der Waals surface area contributed by atoms with E-state index in [9.17, 15) is 4.79 Å². The van der Waals surface area contributed by atoms with Crippen molar-refractivity contribution >= 4 is 28.5 Å². The predicted octanol–water partition coefficient (Wildman–Crippen LogP) is 2.21. The molecule has 1 heterocycles. The lowest BCUT2D eigenvalue weighted by atomic mass is 10.1. The van der Waals surface area contributed by atoms with E-state index in [1.165, 1.54) is 0 Å². The Labute approximate surface area is 97.0 Å². The van der Waals surface area contributed by atoms with Gasteiger partial charge < -0.3 is 15.8 Å². The Morgan fingerprint density at radius 3 is 2.88 bits per heavy atom. The Kier molecular flexibility index (Phi) is 2.61. The molecule has 2 rings (SSSR count). The normalized spacial score (nSPS) is 12.9. The predicted molar refractivity (Wildman–Crippen MR) is 62.6 cm³/mol. The molecule has 0 aliphatic carbocycles. The number of H-pyrrole nitrogens is 1. The summed E-state index contributed by atoms with van der Waals surface area (Å²) in [6.45, 7) is 1.90. The number of fused-ring (bicyclic) bond motifs is 1. The molecule has 0 amide bonds. The minimum atomic E-state index is -1.06. The largest absolute Gasteiger partial charge is 0.480 e. The summed E-state index contributed by atoms with van der Waals surface area (Å²) in [5, 5.41) is 10.2. The summed E-state index contributed by atoms with van der Waals surface area (Å²) >= 11 is 6.04. The van der Waals surface area contributed by atoms with E-state index in [4.69, 9.17) is 22.4 Å². The van der Waals surface area contributed by atoms with Crippen molar-refractivity contribution in [3.05, 3.63) is 34.5 Å². The third-order valence-electron chi connectivity index (χ3n) is 2.52. The Morgan fingerprint density at radius 1 is 1.56 bits per heavy atom. The number of nitrogens with two attached hydrogens (primary N) is 1. The van der Waals surface area contributed by atoms with Crippen molar-refractivity contribution in [1.29, 1.82) is 0 Å². The van der Waals surface area contributed by atoms with Gasteiger partial charge in [-0.05, 0) is 24.6 Å². The van der Waals surface area contributed by atoms with Gasteiger partial charge in [0.2, 0.25) is 0 Å². The van der Waals surface area contributed by atoms with Gasteiger partial charge in [0, 0.05) is 17.1 Å². The van der Waals surface area contributed by atoms with Crippen LogP contribution in [0.2, 0.25) is 5.02 Å². The zero-order chi connectivity index (χ0) is 11.9. The molecule has 1 unspecified atom stereocenters. The van der Waals surface area contributed by atoms with Gasteiger partial charge in [-0.1, -0.05) is 11.6 Å². The number of carboxylic acid groups (broad SMARTS) is 1. The van der Waals surface area contributed by atoms with Crippen LogP contribution in [0, 0.1) is 6.92 Å². The third-order valence-corrected chi connectivity index (χ3v) is 2.82. The van der Waals surface area contributed by atoms with Crippen LogP contribution in [0.4, 0.5) is 0 Å².